The molecule has 16 heavy (non-hydrogen) atoms. The Balaban J connectivity index is 3.18. The van der Waals surface area contributed by atoms with Gasteiger partial charge in [0, 0.05) is 14.0 Å². The number of anilines is 1. The molecule has 0 aliphatic heterocycles. The van der Waals surface area contributed by atoms with E-state index in [1.54, 1.807) is 14.0 Å². The Morgan fingerprint density at radius 3 is 2.69 bits per heavy atom. The largest absolute Gasteiger partial charge is 0.461 e. The monoisotopic (exact) mass is 243 g/mol. The van der Waals surface area contributed by atoms with E-state index < -0.39 is 5.97 Å². The number of hydrogen-bond acceptors (Lipinski definition) is 4. The standard InChI is InChI=1S/C9H13N3O3S/c1-4-15-8(14)6-7(10-5(2)13)11-9(16)12(6)3/h4H2,1-3H3,(H,10,13)(H,11,16). The number of esters is 1. The van der Waals surface area contributed by atoms with Crippen LogP contribution in [0.15, 0.2) is 0 Å². The average Bonchev–Trinajstić information content (AvgIpc) is 2.41. The second-order valence-corrected chi connectivity index (χ2v) is 3.50. The number of amides is 1. The number of ether oxygens (including phenoxy) is 1. The third-order valence-corrected chi connectivity index (χ3v) is 2.25. The first kappa shape index (κ1) is 12.4. The Morgan fingerprint density at radius 2 is 2.19 bits per heavy atom. The Bertz CT molecular complexity index is 475. The van der Waals surface area contributed by atoms with Crippen LogP contribution < -0.4 is 5.32 Å². The first-order valence-corrected chi connectivity index (χ1v) is 5.11. The molecule has 0 spiro atoms. The maximum Gasteiger partial charge on any atom is 0.358 e. The van der Waals surface area contributed by atoms with Crippen LogP contribution in [-0.4, -0.2) is 28.0 Å². The van der Waals surface area contributed by atoms with Gasteiger partial charge in [0.05, 0.1) is 6.61 Å². The predicted molar refractivity (Wildman–Crippen MR) is 60.9 cm³/mol. The number of carbonyl (C=O) groups is 2. The van der Waals surface area contributed by atoms with Crippen LogP contribution in [0.3, 0.4) is 0 Å². The molecular weight excluding hydrogens is 230 g/mol. The highest BCUT2D eigenvalue weighted by atomic mass is 32.1. The van der Waals surface area contributed by atoms with Crippen molar-refractivity contribution < 1.29 is 14.3 Å². The Morgan fingerprint density at radius 1 is 1.56 bits per heavy atom. The Hall–Kier alpha value is -1.63. The zero-order valence-electron chi connectivity index (χ0n) is 9.29. The molecule has 1 rings (SSSR count). The number of nitrogens with zero attached hydrogens (tertiary/aromatic N) is 1. The lowest BCUT2D eigenvalue weighted by Gasteiger charge is -2.05. The number of hydrogen-bond donors (Lipinski definition) is 2. The van der Waals surface area contributed by atoms with Gasteiger partial charge in [0.15, 0.2) is 10.5 Å². The molecule has 0 aliphatic rings. The van der Waals surface area contributed by atoms with Gasteiger partial charge >= 0.3 is 5.97 Å². The molecule has 0 unspecified atom stereocenters. The zero-order chi connectivity index (χ0) is 12.3. The second kappa shape index (κ2) is 4.93. The Kier molecular flexibility index (Phi) is 3.83. The Labute approximate surface area is 97.6 Å². The molecule has 1 amide bonds. The van der Waals surface area contributed by atoms with Crippen molar-refractivity contribution in [3.8, 4) is 0 Å². The van der Waals surface area contributed by atoms with Crippen LogP contribution in [0.2, 0.25) is 0 Å². The summed E-state index contributed by atoms with van der Waals surface area (Å²) in [5, 5.41) is 2.49. The molecule has 1 heterocycles. The van der Waals surface area contributed by atoms with Gasteiger partial charge in [-0.05, 0) is 19.1 Å². The van der Waals surface area contributed by atoms with Gasteiger partial charge in [0.25, 0.3) is 0 Å². The molecule has 0 aliphatic carbocycles. The van der Waals surface area contributed by atoms with Gasteiger partial charge in [-0.3, -0.25) is 4.79 Å². The topological polar surface area (TPSA) is 76.1 Å². The van der Waals surface area contributed by atoms with E-state index in [1.165, 1.54) is 11.5 Å². The number of aromatic nitrogens is 2. The van der Waals surface area contributed by atoms with Crippen molar-refractivity contribution in [2.24, 2.45) is 7.05 Å². The summed E-state index contributed by atoms with van der Waals surface area (Å²) in [5.74, 6) is -0.554. The minimum absolute atomic E-state index is 0.210. The maximum absolute atomic E-state index is 11.6. The molecule has 6 nitrogen and oxygen atoms in total. The van der Waals surface area contributed by atoms with E-state index >= 15 is 0 Å². The number of aromatic amines is 1. The van der Waals surface area contributed by atoms with Gasteiger partial charge in [-0.25, -0.2) is 4.79 Å². The molecule has 1 aromatic heterocycles. The lowest BCUT2D eigenvalue weighted by molar-refractivity contribution is -0.114. The molecule has 0 saturated heterocycles. The van der Waals surface area contributed by atoms with E-state index in [1.807, 2.05) is 0 Å². The van der Waals surface area contributed by atoms with E-state index in [0.29, 0.717) is 4.77 Å². The maximum atomic E-state index is 11.6. The van der Waals surface area contributed by atoms with Crippen LogP contribution >= 0.6 is 12.2 Å². The molecule has 0 bridgehead atoms. The van der Waals surface area contributed by atoms with Gasteiger partial charge in [0.2, 0.25) is 5.91 Å². The van der Waals surface area contributed by atoms with E-state index in [9.17, 15) is 9.59 Å². The summed E-state index contributed by atoms with van der Waals surface area (Å²) in [6, 6.07) is 0. The van der Waals surface area contributed by atoms with Crippen LogP contribution in [0.25, 0.3) is 0 Å². The van der Waals surface area contributed by atoms with Crippen molar-refractivity contribution in [3.63, 3.8) is 0 Å². The molecule has 7 heteroatoms. The zero-order valence-corrected chi connectivity index (χ0v) is 10.1. The van der Waals surface area contributed by atoms with Gasteiger partial charge in [0.1, 0.15) is 5.82 Å². The summed E-state index contributed by atoms with van der Waals surface area (Å²) >= 11 is 4.97. The normalized spacial score (nSPS) is 9.94. The number of carbonyl (C=O) groups excluding carboxylic acids is 2. The highest BCUT2D eigenvalue weighted by Crippen LogP contribution is 2.15. The van der Waals surface area contributed by atoms with Crippen molar-refractivity contribution >= 4 is 29.9 Å². The summed E-state index contributed by atoms with van der Waals surface area (Å²) in [4.78, 5) is 25.3. The highest BCUT2D eigenvalue weighted by molar-refractivity contribution is 7.71. The summed E-state index contributed by atoms with van der Waals surface area (Å²) < 4.78 is 6.66. The van der Waals surface area contributed by atoms with Crippen LogP contribution in [-0.2, 0) is 16.6 Å². The van der Waals surface area contributed by atoms with Crippen LogP contribution in [0, 0.1) is 4.77 Å². The third-order valence-electron chi connectivity index (χ3n) is 1.88. The number of nitrogens with one attached hydrogen (secondary N) is 2. The van der Waals surface area contributed by atoms with Crippen molar-refractivity contribution in [2.45, 2.75) is 13.8 Å². The lowest BCUT2D eigenvalue weighted by atomic mass is 10.4. The predicted octanol–water partition coefficient (Wildman–Crippen LogP) is 1.22. The molecular formula is C9H13N3O3S. The quantitative estimate of drug-likeness (QED) is 0.618. The minimum Gasteiger partial charge on any atom is -0.461 e. The molecule has 0 atom stereocenters. The molecule has 2 N–H and O–H groups in total. The lowest BCUT2D eigenvalue weighted by Crippen LogP contribution is -2.15. The third kappa shape index (κ3) is 2.48. The minimum atomic E-state index is -0.527. The van der Waals surface area contributed by atoms with Crippen LogP contribution in [0.4, 0.5) is 5.82 Å². The number of imidazole rings is 1. The van der Waals surface area contributed by atoms with Gasteiger partial charge < -0.3 is 19.6 Å². The molecule has 0 aromatic carbocycles. The molecule has 0 saturated carbocycles. The fraction of sp³-hybridized carbons (Fsp3) is 0.444. The van der Waals surface area contributed by atoms with Crippen LogP contribution in [0.5, 0.6) is 0 Å². The van der Waals surface area contributed by atoms with E-state index in [2.05, 4.69) is 10.3 Å². The van der Waals surface area contributed by atoms with Gasteiger partial charge in [-0.2, -0.15) is 0 Å². The highest BCUT2D eigenvalue weighted by Gasteiger charge is 2.19. The van der Waals surface area contributed by atoms with Crippen LogP contribution in [0.1, 0.15) is 24.3 Å². The summed E-state index contributed by atoms with van der Waals surface area (Å²) in [5.41, 5.74) is 0.210. The number of rotatable bonds is 3. The molecule has 0 radical (unpaired) electrons. The van der Waals surface area contributed by atoms with Gasteiger partial charge in [-0.15, -0.1) is 0 Å². The summed E-state index contributed by atoms with van der Waals surface area (Å²) in [6.07, 6.45) is 0. The second-order valence-electron chi connectivity index (χ2n) is 3.11. The van der Waals surface area contributed by atoms with E-state index in [0.717, 1.165) is 0 Å². The van der Waals surface area contributed by atoms with Crippen molar-refractivity contribution in [3.05, 3.63) is 10.5 Å². The summed E-state index contributed by atoms with van der Waals surface area (Å²) in [7, 11) is 1.62. The fourth-order valence-corrected chi connectivity index (χ4v) is 1.42. The smallest absolute Gasteiger partial charge is 0.358 e. The van der Waals surface area contributed by atoms with Gasteiger partial charge in [-0.1, -0.05) is 0 Å². The van der Waals surface area contributed by atoms with E-state index in [4.69, 9.17) is 17.0 Å². The average molecular weight is 243 g/mol. The first-order valence-electron chi connectivity index (χ1n) is 4.71. The molecule has 0 fully saturated rings. The van der Waals surface area contributed by atoms with Crippen molar-refractivity contribution in [1.29, 1.82) is 0 Å². The first-order chi connectivity index (χ1) is 7.47. The SMILES string of the molecule is CCOC(=O)c1c(NC(C)=O)[nH]c(=S)n1C. The molecule has 1 aromatic rings. The molecule has 88 valence electrons. The summed E-state index contributed by atoms with van der Waals surface area (Å²) in [6.45, 7) is 3.31. The fourth-order valence-electron chi connectivity index (χ4n) is 1.22. The van der Waals surface area contributed by atoms with E-state index in [-0.39, 0.29) is 24.0 Å². The van der Waals surface area contributed by atoms with Crippen molar-refractivity contribution in [2.75, 3.05) is 11.9 Å². The van der Waals surface area contributed by atoms with Crippen molar-refractivity contribution in [1.82, 2.24) is 9.55 Å². The number of H-pyrrole nitrogens is 1.